The molecule has 0 fully saturated rings. The first-order valence-electron chi connectivity index (χ1n) is 4.31. The molecule has 2 aromatic rings. The normalized spacial score (nSPS) is 10.6. The number of hydrogen-bond acceptors (Lipinski definition) is 2. The minimum absolute atomic E-state index is 0.0575. The zero-order valence-corrected chi connectivity index (χ0v) is 7.74. The van der Waals surface area contributed by atoms with Crippen molar-refractivity contribution in [3.8, 4) is 0 Å². The van der Waals surface area contributed by atoms with Crippen LogP contribution in [-0.4, -0.2) is 21.3 Å². The van der Waals surface area contributed by atoms with Crippen molar-refractivity contribution < 1.29 is 9.90 Å². The number of aryl methyl sites for hydroxylation is 1. The smallest absolute Gasteiger partial charge is 0.307 e. The number of aliphatic carboxylic acids is 1. The second-order valence-corrected chi connectivity index (χ2v) is 3.32. The van der Waals surface area contributed by atoms with Crippen molar-refractivity contribution in [2.45, 2.75) is 13.3 Å². The number of nitrogens with one attached hydrogen (secondary N) is 1. The van der Waals surface area contributed by atoms with Crippen LogP contribution in [0, 0.1) is 6.92 Å². The van der Waals surface area contributed by atoms with Gasteiger partial charge in [0.15, 0.2) is 0 Å². The molecule has 0 amide bonds. The topological polar surface area (TPSA) is 66.0 Å². The van der Waals surface area contributed by atoms with E-state index in [0.29, 0.717) is 0 Å². The number of aromatic amines is 1. The maximum Gasteiger partial charge on any atom is 0.307 e. The van der Waals surface area contributed by atoms with E-state index in [-0.39, 0.29) is 6.42 Å². The van der Waals surface area contributed by atoms with E-state index in [9.17, 15) is 4.79 Å². The lowest BCUT2D eigenvalue weighted by atomic mass is 10.1. The summed E-state index contributed by atoms with van der Waals surface area (Å²) in [5.41, 5.74) is 2.80. The molecule has 4 heteroatoms. The molecule has 0 radical (unpaired) electrons. The average molecular weight is 190 g/mol. The van der Waals surface area contributed by atoms with E-state index in [1.54, 1.807) is 6.20 Å². The van der Waals surface area contributed by atoms with Crippen molar-refractivity contribution in [2.24, 2.45) is 0 Å². The van der Waals surface area contributed by atoms with E-state index in [1.165, 1.54) is 0 Å². The Morgan fingerprint density at radius 3 is 3.07 bits per heavy atom. The van der Waals surface area contributed by atoms with Gasteiger partial charge in [-0.25, -0.2) is 0 Å². The first kappa shape index (κ1) is 8.74. The van der Waals surface area contributed by atoms with E-state index in [1.807, 2.05) is 19.1 Å². The Labute approximate surface area is 80.6 Å². The van der Waals surface area contributed by atoms with E-state index in [4.69, 9.17) is 5.11 Å². The van der Waals surface area contributed by atoms with Crippen LogP contribution in [0.4, 0.5) is 0 Å². The summed E-state index contributed by atoms with van der Waals surface area (Å²) in [5, 5.41) is 16.4. The van der Waals surface area contributed by atoms with Gasteiger partial charge in [0.05, 0.1) is 18.1 Å². The van der Waals surface area contributed by atoms with E-state index in [0.717, 1.165) is 22.0 Å². The van der Waals surface area contributed by atoms with Crippen LogP contribution in [0.25, 0.3) is 10.9 Å². The molecule has 0 aliphatic rings. The Morgan fingerprint density at radius 2 is 2.36 bits per heavy atom. The Balaban J connectivity index is 2.53. The number of rotatable bonds is 2. The van der Waals surface area contributed by atoms with Gasteiger partial charge in [-0.05, 0) is 24.1 Å². The van der Waals surface area contributed by atoms with Crippen LogP contribution in [-0.2, 0) is 11.2 Å². The molecule has 1 aromatic carbocycles. The number of benzene rings is 1. The second-order valence-electron chi connectivity index (χ2n) is 3.32. The van der Waals surface area contributed by atoms with Crippen LogP contribution in [0.3, 0.4) is 0 Å². The number of carboxylic acids is 1. The van der Waals surface area contributed by atoms with Gasteiger partial charge in [-0.3, -0.25) is 9.89 Å². The van der Waals surface area contributed by atoms with Crippen molar-refractivity contribution in [2.75, 3.05) is 0 Å². The van der Waals surface area contributed by atoms with Crippen molar-refractivity contribution in [3.63, 3.8) is 0 Å². The monoisotopic (exact) mass is 190 g/mol. The molecule has 14 heavy (non-hydrogen) atoms. The standard InChI is InChI=1S/C10H10N2O2/c1-6-2-7(4-9(13)14)3-8-5-11-12-10(6)8/h2-3,5H,4H2,1H3,(H,11,12)(H,13,14). The number of aromatic nitrogens is 2. The third-order valence-electron chi connectivity index (χ3n) is 2.16. The summed E-state index contributed by atoms with van der Waals surface area (Å²) in [6, 6.07) is 3.72. The van der Waals surface area contributed by atoms with Gasteiger partial charge in [-0.15, -0.1) is 0 Å². The SMILES string of the molecule is Cc1cc(CC(=O)O)cc2cn[nH]c12. The molecule has 4 nitrogen and oxygen atoms in total. The lowest BCUT2D eigenvalue weighted by molar-refractivity contribution is -0.136. The van der Waals surface area contributed by atoms with Crippen molar-refractivity contribution in [1.29, 1.82) is 0 Å². The summed E-state index contributed by atoms with van der Waals surface area (Å²) in [6.07, 6.45) is 1.76. The summed E-state index contributed by atoms with van der Waals surface area (Å²) >= 11 is 0. The van der Waals surface area contributed by atoms with Crippen LogP contribution < -0.4 is 0 Å². The van der Waals surface area contributed by atoms with E-state index in [2.05, 4.69) is 10.2 Å². The van der Waals surface area contributed by atoms with Gasteiger partial charge < -0.3 is 5.11 Å². The molecule has 0 aliphatic carbocycles. The van der Waals surface area contributed by atoms with Crippen LogP contribution in [0.1, 0.15) is 11.1 Å². The average Bonchev–Trinajstić information content (AvgIpc) is 2.50. The summed E-state index contributed by atoms with van der Waals surface area (Å²) in [4.78, 5) is 10.5. The summed E-state index contributed by atoms with van der Waals surface area (Å²) in [5.74, 6) is -0.813. The molecular weight excluding hydrogens is 180 g/mol. The lowest BCUT2D eigenvalue weighted by Gasteiger charge is -2.00. The molecule has 0 saturated heterocycles. The van der Waals surface area contributed by atoms with Gasteiger partial charge in [0.25, 0.3) is 0 Å². The Bertz CT molecular complexity index is 488. The van der Waals surface area contributed by atoms with Gasteiger partial charge >= 0.3 is 5.97 Å². The van der Waals surface area contributed by atoms with Gasteiger partial charge in [0.2, 0.25) is 0 Å². The maximum atomic E-state index is 10.5. The minimum atomic E-state index is -0.813. The molecule has 1 aromatic heterocycles. The molecule has 0 unspecified atom stereocenters. The van der Waals surface area contributed by atoms with Crippen molar-refractivity contribution >= 4 is 16.9 Å². The minimum Gasteiger partial charge on any atom is -0.481 e. The number of H-pyrrole nitrogens is 1. The number of carbonyl (C=O) groups is 1. The number of hydrogen-bond donors (Lipinski definition) is 2. The van der Waals surface area contributed by atoms with Crippen LogP contribution >= 0.6 is 0 Å². The van der Waals surface area contributed by atoms with Gasteiger partial charge in [0.1, 0.15) is 0 Å². The lowest BCUT2D eigenvalue weighted by Crippen LogP contribution is -2.00. The number of nitrogens with zero attached hydrogens (tertiary/aromatic N) is 1. The molecule has 0 saturated carbocycles. The van der Waals surface area contributed by atoms with Crippen molar-refractivity contribution in [1.82, 2.24) is 10.2 Å². The summed E-state index contributed by atoms with van der Waals surface area (Å²) in [7, 11) is 0. The highest BCUT2D eigenvalue weighted by Crippen LogP contribution is 2.18. The fourth-order valence-electron chi connectivity index (χ4n) is 1.59. The fourth-order valence-corrected chi connectivity index (χ4v) is 1.59. The highest BCUT2D eigenvalue weighted by Gasteiger charge is 2.05. The molecule has 0 bridgehead atoms. The van der Waals surface area contributed by atoms with Crippen molar-refractivity contribution in [3.05, 3.63) is 29.5 Å². The zero-order valence-electron chi connectivity index (χ0n) is 7.74. The Morgan fingerprint density at radius 1 is 1.57 bits per heavy atom. The van der Waals surface area contributed by atoms with Gasteiger partial charge in [-0.1, -0.05) is 6.07 Å². The second kappa shape index (κ2) is 3.14. The van der Waals surface area contributed by atoms with E-state index < -0.39 is 5.97 Å². The first-order valence-corrected chi connectivity index (χ1v) is 4.31. The van der Waals surface area contributed by atoms with Crippen LogP contribution in [0.15, 0.2) is 18.3 Å². The van der Waals surface area contributed by atoms with E-state index >= 15 is 0 Å². The maximum absolute atomic E-state index is 10.5. The first-order chi connectivity index (χ1) is 6.66. The van der Waals surface area contributed by atoms with Gasteiger partial charge in [-0.2, -0.15) is 5.10 Å². The summed E-state index contributed by atoms with van der Waals surface area (Å²) in [6.45, 7) is 1.94. The highest BCUT2D eigenvalue weighted by atomic mass is 16.4. The third kappa shape index (κ3) is 1.46. The molecule has 0 aliphatic heterocycles. The summed E-state index contributed by atoms with van der Waals surface area (Å²) < 4.78 is 0. The largest absolute Gasteiger partial charge is 0.481 e. The highest BCUT2D eigenvalue weighted by molar-refractivity contribution is 5.83. The number of fused-ring (bicyclic) bond motifs is 1. The molecule has 72 valence electrons. The third-order valence-corrected chi connectivity index (χ3v) is 2.16. The molecular formula is C10H10N2O2. The molecule has 1 heterocycles. The zero-order chi connectivity index (χ0) is 10.1. The molecule has 0 atom stereocenters. The predicted molar refractivity (Wildman–Crippen MR) is 52.2 cm³/mol. The quantitative estimate of drug-likeness (QED) is 0.754. The predicted octanol–water partition coefficient (Wildman–Crippen LogP) is 1.50. The molecule has 0 spiro atoms. The number of carboxylic acid groups (broad SMARTS) is 1. The van der Waals surface area contributed by atoms with Gasteiger partial charge in [0, 0.05) is 5.39 Å². The fraction of sp³-hybridized carbons (Fsp3) is 0.200. The van der Waals surface area contributed by atoms with Crippen LogP contribution in [0.5, 0.6) is 0 Å². The van der Waals surface area contributed by atoms with Crippen LogP contribution in [0.2, 0.25) is 0 Å². The Kier molecular flexibility index (Phi) is 1.96. The molecule has 2 rings (SSSR count). The molecule has 2 N–H and O–H groups in total. The Hall–Kier alpha value is -1.84.